The number of hydrogen-bond donors (Lipinski definition) is 1. The van der Waals surface area contributed by atoms with E-state index >= 15 is 0 Å². The van der Waals surface area contributed by atoms with Gasteiger partial charge in [-0.15, -0.1) is 11.3 Å². The first-order chi connectivity index (χ1) is 9.60. The topological polar surface area (TPSA) is 55.0 Å². The standard InChI is InChI=1S/C15H20N2O2S/c1-4-11-9(3)20-15-12(11)14(18)16-13(17-15)10-5-6-19-8(2)7-10/h8,10H,4-7H2,1-3H3,(H,16,17,18)/t8-,10+/m1/s1. The number of H-pyrrole nitrogens is 1. The van der Waals surface area contributed by atoms with Gasteiger partial charge in [0.15, 0.2) is 0 Å². The summed E-state index contributed by atoms with van der Waals surface area (Å²) in [6.07, 6.45) is 2.99. The SMILES string of the molecule is CCc1c(C)sc2nc([C@H]3CCO[C@H](C)C3)[nH]c(=O)c12. The van der Waals surface area contributed by atoms with Gasteiger partial charge in [0.25, 0.3) is 5.56 Å². The monoisotopic (exact) mass is 292 g/mol. The summed E-state index contributed by atoms with van der Waals surface area (Å²) in [6.45, 7) is 6.98. The van der Waals surface area contributed by atoms with E-state index in [1.165, 1.54) is 4.88 Å². The van der Waals surface area contributed by atoms with E-state index in [4.69, 9.17) is 9.72 Å². The van der Waals surface area contributed by atoms with E-state index in [0.717, 1.165) is 47.5 Å². The molecule has 5 heteroatoms. The molecule has 0 saturated carbocycles. The third-order valence-corrected chi connectivity index (χ3v) is 5.15. The maximum absolute atomic E-state index is 12.4. The van der Waals surface area contributed by atoms with Crippen molar-refractivity contribution in [1.82, 2.24) is 9.97 Å². The zero-order valence-electron chi connectivity index (χ0n) is 12.2. The molecule has 0 bridgehead atoms. The van der Waals surface area contributed by atoms with Crippen molar-refractivity contribution in [3.63, 3.8) is 0 Å². The van der Waals surface area contributed by atoms with Crippen molar-refractivity contribution in [1.29, 1.82) is 0 Å². The molecule has 20 heavy (non-hydrogen) atoms. The molecule has 2 aromatic heterocycles. The van der Waals surface area contributed by atoms with Crippen LogP contribution in [0.1, 0.15) is 48.9 Å². The molecular formula is C15H20N2O2S. The molecule has 2 aromatic rings. The normalized spacial score (nSPS) is 23.4. The zero-order chi connectivity index (χ0) is 14.3. The minimum absolute atomic E-state index is 0.0188. The van der Waals surface area contributed by atoms with Crippen LogP contribution in [-0.4, -0.2) is 22.7 Å². The lowest BCUT2D eigenvalue weighted by Gasteiger charge is -2.26. The predicted molar refractivity (Wildman–Crippen MR) is 81.7 cm³/mol. The first-order valence-corrected chi connectivity index (χ1v) is 8.05. The van der Waals surface area contributed by atoms with Crippen molar-refractivity contribution in [2.24, 2.45) is 0 Å². The molecule has 3 heterocycles. The third-order valence-electron chi connectivity index (χ3n) is 4.11. The second kappa shape index (κ2) is 5.30. The van der Waals surface area contributed by atoms with Crippen molar-refractivity contribution in [3.05, 3.63) is 26.6 Å². The van der Waals surface area contributed by atoms with Gasteiger partial charge in [0.05, 0.1) is 11.5 Å². The van der Waals surface area contributed by atoms with E-state index in [-0.39, 0.29) is 11.7 Å². The summed E-state index contributed by atoms with van der Waals surface area (Å²) in [6, 6.07) is 0. The molecule has 1 aliphatic rings. The third kappa shape index (κ3) is 2.29. The van der Waals surface area contributed by atoms with Crippen molar-refractivity contribution in [3.8, 4) is 0 Å². The number of aryl methyl sites for hydroxylation is 2. The highest BCUT2D eigenvalue weighted by Crippen LogP contribution is 2.31. The smallest absolute Gasteiger partial charge is 0.259 e. The first-order valence-electron chi connectivity index (χ1n) is 7.24. The average Bonchev–Trinajstić information content (AvgIpc) is 2.74. The minimum Gasteiger partial charge on any atom is -0.378 e. The maximum atomic E-state index is 12.4. The summed E-state index contributed by atoms with van der Waals surface area (Å²) in [4.78, 5) is 22.2. The van der Waals surface area contributed by atoms with Gasteiger partial charge >= 0.3 is 0 Å². The van der Waals surface area contributed by atoms with Crippen LogP contribution in [0.4, 0.5) is 0 Å². The maximum Gasteiger partial charge on any atom is 0.259 e. The quantitative estimate of drug-likeness (QED) is 0.925. The molecule has 108 valence electrons. The van der Waals surface area contributed by atoms with Gasteiger partial charge in [0.2, 0.25) is 0 Å². The number of rotatable bonds is 2. The van der Waals surface area contributed by atoms with Gasteiger partial charge in [0, 0.05) is 17.4 Å². The Morgan fingerprint density at radius 2 is 2.30 bits per heavy atom. The lowest BCUT2D eigenvalue weighted by molar-refractivity contribution is 0.0173. The Balaban J connectivity index is 2.08. The summed E-state index contributed by atoms with van der Waals surface area (Å²) in [7, 11) is 0. The second-order valence-electron chi connectivity index (χ2n) is 5.52. The highest BCUT2D eigenvalue weighted by molar-refractivity contribution is 7.18. The van der Waals surface area contributed by atoms with Crippen LogP contribution in [0.25, 0.3) is 10.2 Å². The van der Waals surface area contributed by atoms with E-state index in [9.17, 15) is 4.79 Å². The molecule has 0 spiro atoms. The van der Waals surface area contributed by atoms with Crippen molar-refractivity contribution >= 4 is 21.6 Å². The number of aromatic amines is 1. The highest BCUT2D eigenvalue weighted by Gasteiger charge is 2.24. The van der Waals surface area contributed by atoms with Crippen LogP contribution >= 0.6 is 11.3 Å². The first kappa shape index (κ1) is 13.8. The largest absolute Gasteiger partial charge is 0.378 e. The van der Waals surface area contributed by atoms with Crippen LogP contribution in [0.15, 0.2) is 4.79 Å². The van der Waals surface area contributed by atoms with E-state index in [2.05, 4.69) is 25.8 Å². The molecule has 0 aliphatic carbocycles. The van der Waals surface area contributed by atoms with Gasteiger partial charge < -0.3 is 9.72 Å². The van der Waals surface area contributed by atoms with Crippen LogP contribution < -0.4 is 5.56 Å². The van der Waals surface area contributed by atoms with Crippen LogP contribution in [0.2, 0.25) is 0 Å². The molecular weight excluding hydrogens is 272 g/mol. The van der Waals surface area contributed by atoms with E-state index < -0.39 is 0 Å². The molecule has 1 aliphatic heterocycles. The fourth-order valence-corrected chi connectivity index (χ4v) is 4.18. The van der Waals surface area contributed by atoms with Crippen molar-refractivity contribution in [2.75, 3.05) is 6.61 Å². The molecule has 3 rings (SSSR count). The molecule has 4 nitrogen and oxygen atoms in total. The molecule has 1 N–H and O–H groups in total. The van der Waals surface area contributed by atoms with Gasteiger partial charge in [-0.05, 0) is 38.7 Å². The second-order valence-corrected chi connectivity index (χ2v) is 6.73. The number of ether oxygens (including phenoxy) is 1. The summed E-state index contributed by atoms with van der Waals surface area (Å²) < 4.78 is 5.57. The van der Waals surface area contributed by atoms with Gasteiger partial charge in [-0.25, -0.2) is 4.98 Å². The Kier molecular flexibility index (Phi) is 3.65. The summed E-state index contributed by atoms with van der Waals surface area (Å²) >= 11 is 1.63. The van der Waals surface area contributed by atoms with Crippen LogP contribution in [0.5, 0.6) is 0 Å². The molecule has 1 saturated heterocycles. The van der Waals surface area contributed by atoms with E-state index in [0.29, 0.717) is 5.92 Å². The molecule has 0 aromatic carbocycles. The Morgan fingerprint density at radius 1 is 1.50 bits per heavy atom. The van der Waals surface area contributed by atoms with Crippen molar-refractivity contribution in [2.45, 2.75) is 52.1 Å². The van der Waals surface area contributed by atoms with Gasteiger partial charge in [-0.2, -0.15) is 0 Å². The Bertz CT molecular complexity index is 689. The average molecular weight is 292 g/mol. The Hall–Kier alpha value is -1.20. The van der Waals surface area contributed by atoms with E-state index in [1.54, 1.807) is 11.3 Å². The number of aromatic nitrogens is 2. The molecule has 0 radical (unpaired) electrons. The fraction of sp³-hybridized carbons (Fsp3) is 0.600. The fourth-order valence-electron chi connectivity index (χ4n) is 3.06. The number of nitrogens with zero attached hydrogens (tertiary/aromatic N) is 1. The summed E-state index contributed by atoms with van der Waals surface area (Å²) in [5.41, 5.74) is 1.16. The lowest BCUT2D eigenvalue weighted by atomic mass is 9.95. The predicted octanol–water partition coefficient (Wildman–Crippen LogP) is 3.14. The number of hydrogen-bond acceptors (Lipinski definition) is 4. The van der Waals surface area contributed by atoms with Gasteiger partial charge in [0.1, 0.15) is 10.7 Å². The number of fused-ring (bicyclic) bond motifs is 1. The molecule has 2 atom stereocenters. The van der Waals surface area contributed by atoms with Gasteiger partial charge in [-0.3, -0.25) is 4.79 Å². The van der Waals surface area contributed by atoms with Crippen LogP contribution in [-0.2, 0) is 11.2 Å². The van der Waals surface area contributed by atoms with E-state index in [1.807, 2.05) is 0 Å². The minimum atomic E-state index is 0.0188. The van der Waals surface area contributed by atoms with Crippen LogP contribution in [0, 0.1) is 6.92 Å². The van der Waals surface area contributed by atoms with Gasteiger partial charge in [-0.1, -0.05) is 6.92 Å². The lowest BCUT2D eigenvalue weighted by Crippen LogP contribution is -2.25. The molecule has 1 fully saturated rings. The highest BCUT2D eigenvalue weighted by atomic mass is 32.1. The zero-order valence-corrected chi connectivity index (χ0v) is 13.0. The summed E-state index contributed by atoms with van der Waals surface area (Å²) in [5, 5.41) is 0.791. The Morgan fingerprint density at radius 3 is 3.00 bits per heavy atom. The number of nitrogens with one attached hydrogen (secondary N) is 1. The van der Waals surface area contributed by atoms with Crippen LogP contribution in [0.3, 0.4) is 0 Å². The summed E-state index contributed by atoms with van der Waals surface area (Å²) in [5.74, 6) is 1.14. The van der Waals surface area contributed by atoms with Crippen molar-refractivity contribution < 1.29 is 4.74 Å². The number of thiophene rings is 1. The molecule has 0 amide bonds. The Labute approximate surface area is 122 Å². The molecule has 0 unspecified atom stereocenters.